The molecule has 1 aliphatic rings. The lowest BCUT2D eigenvalue weighted by Gasteiger charge is -2.39. The fourth-order valence-electron chi connectivity index (χ4n) is 2.86. The van der Waals surface area contributed by atoms with Crippen LogP contribution in [0.5, 0.6) is 0 Å². The molecule has 2 unspecified atom stereocenters. The molecule has 1 fully saturated rings. The Labute approximate surface area is 130 Å². The van der Waals surface area contributed by atoms with Crippen LogP contribution in [0.2, 0.25) is 0 Å². The Kier molecular flexibility index (Phi) is 7.14. The van der Waals surface area contributed by atoms with Gasteiger partial charge in [0.25, 0.3) is 0 Å². The summed E-state index contributed by atoms with van der Waals surface area (Å²) in [6.07, 6.45) is 3.27. The molecule has 0 aliphatic heterocycles. The molecule has 4 heteroatoms. The second-order valence-corrected chi connectivity index (χ2v) is 6.79. The van der Waals surface area contributed by atoms with Crippen molar-refractivity contribution < 1.29 is 9.53 Å². The van der Waals surface area contributed by atoms with Crippen molar-refractivity contribution in [2.75, 3.05) is 26.7 Å². The number of ether oxygens (including phenoxy) is 1. The van der Waals surface area contributed by atoms with Crippen molar-refractivity contribution in [3.05, 3.63) is 0 Å². The zero-order valence-corrected chi connectivity index (χ0v) is 14.7. The van der Waals surface area contributed by atoms with Gasteiger partial charge >= 0.3 is 5.97 Å². The molecule has 2 atom stereocenters. The van der Waals surface area contributed by atoms with Crippen LogP contribution in [-0.2, 0) is 9.53 Å². The van der Waals surface area contributed by atoms with Crippen molar-refractivity contribution in [3.8, 4) is 0 Å². The maximum absolute atomic E-state index is 12.7. The Hall–Kier alpha value is -0.610. The third kappa shape index (κ3) is 4.68. The lowest BCUT2D eigenvalue weighted by Crippen LogP contribution is -2.62. The van der Waals surface area contributed by atoms with Crippen LogP contribution in [0.4, 0.5) is 0 Å². The monoisotopic (exact) mass is 298 g/mol. The van der Waals surface area contributed by atoms with E-state index in [0.29, 0.717) is 24.5 Å². The van der Waals surface area contributed by atoms with Crippen LogP contribution in [-0.4, -0.2) is 49.2 Å². The number of nitrogens with zero attached hydrogens (tertiary/aromatic N) is 1. The van der Waals surface area contributed by atoms with E-state index in [1.54, 1.807) is 0 Å². The molecule has 0 bridgehead atoms. The molecule has 0 aromatic rings. The van der Waals surface area contributed by atoms with Gasteiger partial charge in [-0.25, -0.2) is 4.79 Å². The highest BCUT2D eigenvalue weighted by molar-refractivity contribution is 5.82. The Morgan fingerprint density at radius 1 is 1.33 bits per heavy atom. The van der Waals surface area contributed by atoms with Gasteiger partial charge < -0.3 is 15.0 Å². The van der Waals surface area contributed by atoms with Crippen LogP contribution in [0, 0.1) is 11.8 Å². The third-order valence-corrected chi connectivity index (χ3v) is 4.76. The minimum atomic E-state index is -0.524. The largest absolute Gasteiger partial charge is 0.465 e. The van der Waals surface area contributed by atoms with Crippen LogP contribution in [0.1, 0.15) is 53.9 Å². The maximum atomic E-state index is 12.7. The van der Waals surface area contributed by atoms with Gasteiger partial charge in [-0.1, -0.05) is 20.8 Å². The summed E-state index contributed by atoms with van der Waals surface area (Å²) in [5.74, 6) is 0.925. The summed E-state index contributed by atoms with van der Waals surface area (Å²) in [7, 11) is 2.12. The standard InChI is InChI=1S/C17H34N2O2/c1-7-11-18-17(15-9-10-15,16(20)21-8-2)12-19(6)14(5)13(3)4/h13-15,18H,7-12H2,1-6H3. The second kappa shape index (κ2) is 8.14. The van der Waals surface area contributed by atoms with Crippen LogP contribution < -0.4 is 5.32 Å². The first kappa shape index (κ1) is 18.4. The summed E-state index contributed by atoms with van der Waals surface area (Å²) >= 11 is 0. The van der Waals surface area contributed by atoms with Gasteiger partial charge in [-0.3, -0.25) is 0 Å². The Balaban J connectivity index is 2.90. The van der Waals surface area contributed by atoms with Gasteiger partial charge in [0.2, 0.25) is 0 Å². The minimum Gasteiger partial charge on any atom is -0.465 e. The molecule has 0 aromatic heterocycles. The number of rotatable bonds is 10. The summed E-state index contributed by atoms with van der Waals surface area (Å²) < 4.78 is 5.42. The van der Waals surface area contributed by atoms with Crippen LogP contribution in [0.3, 0.4) is 0 Å². The number of carbonyl (C=O) groups is 1. The lowest BCUT2D eigenvalue weighted by molar-refractivity contribution is -0.153. The predicted octanol–water partition coefficient (Wildman–Crippen LogP) is 2.67. The molecule has 0 aromatic carbocycles. The summed E-state index contributed by atoms with van der Waals surface area (Å²) in [4.78, 5) is 15.0. The van der Waals surface area contributed by atoms with Crippen molar-refractivity contribution in [2.45, 2.75) is 65.5 Å². The molecule has 1 N–H and O–H groups in total. The van der Waals surface area contributed by atoms with Crippen molar-refractivity contribution in [1.82, 2.24) is 10.2 Å². The van der Waals surface area contributed by atoms with E-state index in [0.717, 1.165) is 32.4 Å². The van der Waals surface area contributed by atoms with Crippen molar-refractivity contribution >= 4 is 5.97 Å². The van der Waals surface area contributed by atoms with E-state index in [-0.39, 0.29) is 5.97 Å². The third-order valence-electron chi connectivity index (χ3n) is 4.76. The highest BCUT2D eigenvalue weighted by atomic mass is 16.5. The van der Waals surface area contributed by atoms with Gasteiger partial charge in [0.1, 0.15) is 5.54 Å². The first-order valence-corrected chi connectivity index (χ1v) is 8.51. The van der Waals surface area contributed by atoms with Gasteiger partial charge in [0.05, 0.1) is 6.61 Å². The van der Waals surface area contributed by atoms with E-state index in [1.165, 1.54) is 0 Å². The molecule has 1 rings (SSSR count). The Bertz CT molecular complexity index is 329. The first-order valence-electron chi connectivity index (χ1n) is 8.51. The molecule has 0 heterocycles. The van der Waals surface area contributed by atoms with Crippen molar-refractivity contribution in [1.29, 1.82) is 0 Å². The number of carbonyl (C=O) groups excluding carboxylic acids is 1. The molecule has 0 spiro atoms. The van der Waals surface area contributed by atoms with E-state index in [9.17, 15) is 4.79 Å². The van der Waals surface area contributed by atoms with Crippen molar-refractivity contribution in [3.63, 3.8) is 0 Å². The highest BCUT2D eigenvalue weighted by Gasteiger charge is 2.52. The average Bonchev–Trinajstić information content (AvgIpc) is 3.27. The zero-order chi connectivity index (χ0) is 16.0. The molecule has 1 aliphatic carbocycles. The SMILES string of the molecule is CCCNC(CN(C)C(C)C(C)C)(C(=O)OCC)C1CC1. The number of esters is 1. The predicted molar refractivity (Wildman–Crippen MR) is 87.3 cm³/mol. The van der Waals surface area contributed by atoms with Gasteiger partial charge in [-0.05, 0) is 58.5 Å². The number of likely N-dealkylation sites (N-methyl/N-ethyl adjacent to an activating group) is 1. The molecule has 124 valence electrons. The number of nitrogens with one attached hydrogen (secondary N) is 1. The fraction of sp³-hybridized carbons (Fsp3) is 0.941. The molecule has 21 heavy (non-hydrogen) atoms. The average molecular weight is 298 g/mol. The Morgan fingerprint density at radius 3 is 2.38 bits per heavy atom. The van der Waals surface area contributed by atoms with Crippen LogP contribution in [0.15, 0.2) is 0 Å². The molecule has 0 radical (unpaired) electrons. The zero-order valence-electron chi connectivity index (χ0n) is 14.7. The van der Waals surface area contributed by atoms with Gasteiger partial charge in [-0.15, -0.1) is 0 Å². The minimum absolute atomic E-state index is 0.0660. The summed E-state index contributed by atoms with van der Waals surface area (Å²) in [5.41, 5.74) is -0.524. The van der Waals surface area contributed by atoms with Gasteiger partial charge in [-0.2, -0.15) is 0 Å². The van der Waals surface area contributed by atoms with Crippen LogP contribution in [0.25, 0.3) is 0 Å². The topological polar surface area (TPSA) is 41.6 Å². The van der Waals surface area contributed by atoms with E-state index >= 15 is 0 Å². The molecule has 0 saturated heterocycles. The maximum Gasteiger partial charge on any atom is 0.327 e. The highest BCUT2D eigenvalue weighted by Crippen LogP contribution is 2.41. The lowest BCUT2D eigenvalue weighted by atomic mass is 9.90. The van der Waals surface area contributed by atoms with Gasteiger partial charge in [0, 0.05) is 12.6 Å². The summed E-state index contributed by atoms with van der Waals surface area (Å²) in [6, 6.07) is 0.445. The van der Waals surface area contributed by atoms with Crippen molar-refractivity contribution in [2.24, 2.45) is 11.8 Å². The smallest absolute Gasteiger partial charge is 0.327 e. The molecular weight excluding hydrogens is 264 g/mol. The Morgan fingerprint density at radius 2 is 1.95 bits per heavy atom. The summed E-state index contributed by atoms with van der Waals surface area (Å²) in [6.45, 7) is 12.7. The molecule has 0 amide bonds. The van der Waals surface area contributed by atoms with Crippen LogP contribution >= 0.6 is 0 Å². The molecular formula is C17H34N2O2. The molecule has 1 saturated carbocycles. The molecule has 4 nitrogen and oxygen atoms in total. The normalized spacial score (nSPS) is 19.6. The van der Waals surface area contributed by atoms with E-state index < -0.39 is 5.54 Å². The first-order chi connectivity index (χ1) is 9.89. The summed E-state index contributed by atoms with van der Waals surface area (Å²) in [5, 5.41) is 3.54. The van der Waals surface area contributed by atoms with E-state index in [2.05, 4.69) is 45.0 Å². The van der Waals surface area contributed by atoms with Gasteiger partial charge in [0.15, 0.2) is 0 Å². The quantitative estimate of drug-likeness (QED) is 0.630. The fourth-order valence-corrected chi connectivity index (χ4v) is 2.86. The number of hydrogen-bond acceptors (Lipinski definition) is 4. The van der Waals surface area contributed by atoms with E-state index in [4.69, 9.17) is 4.74 Å². The van der Waals surface area contributed by atoms with E-state index in [1.807, 2.05) is 6.92 Å². The second-order valence-electron chi connectivity index (χ2n) is 6.79. The number of hydrogen-bond donors (Lipinski definition) is 1.